The molecule has 1 aliphatic rings. The summed E-state index contributed by atoms with van der Waals surface area (Å²) in [4.78, 5) is 30.2. The SMILES string of the molecule is C[C@@H]1CCCCO[C@H](CN(C)C(=O)Nc2ccc(C(F)(F)F)cc2)[C@@H](C)CN([C@H](C)CO)C(=O)c2cc(NS(=O)(=O)c3cccs3)ccc2O1. The summed E-state index contributed by atoms with van der Waals surface area (Å²) in [5.41, 5.74) is -0.371. The van der Waals surface area contributed by atoms with Crippen molar-refractivity contribution < 1.29 is 45.8 Å². The van der Waals surface area contributed by atoms with Crippen molar-refractivity contribution in [2.24, 2.45) is 5.92 Å². The molecule has 1 aliphatic heterocycles. The lowest BCUT2D eigenvalue weighted by Crippen LogP contribution is -2.48. The number of sulfonamides is 1. The van der Waals surface area contributed by atoms with Gasteiger partial charge in [0, 0.05) is 44.0 Å². The van der Waals surface area contributed by atoms with E-state index in [1.165, 1.54) is 47.2 Å². The molecule has 16 heteroatoms. The third-order valence-electron chi connectivity index (χ3n) is 8.33. The van der Waals surface area contributed by atoms with Gasteiger partial charge in [-0.15, -0.1) is 11.3 Å². The molecule has 0 radical (unpaired) electrons. The number of rotatable bonds is 8. The fourth-order valence-corrected chi connectivity index (χ4v) is 7.43. The Labute approximate surface area is 294 Å². The number of nitrogens with zero attached hydrogens (tertiary/aromatic N) is 2. The Morgan fingerprint density at radius 1 is 1.12 bits per heavy atom. The zero-order valence-corrected chi connectivity index (χ0v) is 29.9. The third-order valence-corrected chi connectivity index (χ3v) is 11.1. The molecule has 3 N–H and O–H groups in total. The highest BCUT2D eigenvalue weighted by Crippen LogP contribution is 2.31. The molecule has 1 aromatic heterocycles. The van der Waals surface area contributed by atoms with Gasteiger partial charge in [-0.3, -0.25) is 9.52 Å². The van der Waals surface area contributed by atoms with Gasteiger partial charge >= 0.3 is 12.2 Å². The molecule has 4 rings (SSSR count). The zero-order chi connectivity index (χ0) is 36.6. The molecule has 3 amide bonds. The van der Waals surface area contributed by atoms with Gasteiger partial charge in [-0.2, -0.15) is 13.2 Å². The first-order valence-electron chi connectivity index (χ1n) is 16.2. The maximum atomic E-state index is 14.3. The molecule has 4 atom stereocenters. The van der Waals surface area contributed by atoms with E-state index in [1.54, 1.807) is 24.4 Å². The van der Waals surface area contributed by atoms with E-state index < -0.39 is 45.8 Å². The number of benzene rings is 2. The molecule has 2 aromatic carbocycles. The van der Waals surface area contributed by atoms with E-state index in [2.05, 4.69) is 10.0 Å². The van der Waals surface area contributed by atoms with Gasteiger partial charge in [-0.1, -0.05) is 13.0 Å². The number of amides is 3. The van der Waals surface area contributed by atoms with Crippen molar-refractivity contribution in [1.29, 1.82) is 0 Å². The first-order chi connectivity index (χ1) is 23.6. The number of hydrogen-bond acceptors (Lipinski definition) is 8. The van der Waals surface area contributed by atoms with Gasteiger partial charge < -0.3 is 29.7 Å². The number of urea groups is 1. The Morgan fingerprint density at radius 2 is 1.82 bits per heavy atom. The number of carbonyl (C=O) groups excluding carboxylic acids is 2. The number of ether oxygens (including phenoxy) is 2. The van der Waals surface area contributed by atoms with Crippen LogP contribution in [0.5, 0.6) is 5.75 Å². The second-order valence-electron chi connectivity index (χ2n) is 12.4. The number of thiophene rings is 1. The highest BCUT2D eigenvalue weighted by atomic mass is 32.2. The maximum absolute atomic E-state index is 14.3. The minimum absolute atomic E-state index is 0.0912. The second-order valence-corrected chi connectivity index (χ2v) is 15.3. The molecule has 0 saturated carbocycles. The Kier molecular flexibility index (Phi) is 13.2. The fourth-order valence-electron chi connectivity index (χ4n) is 5.38. The topological polar surface area (TPSA) is 138 Å². The highest BCUT2D eigenvalue weighted by Gasteiger charge is 2.32. The monoisotopic (exact) mass is 740 g/mol. The lowest BCUT2D eigenvalue weighted by Gasteiger charge is -2.35. The van der Waals surface area contributed by atoms with Crippen LogP contribution in [-0.4, -0.2) is 86.9 Å². The summed E-state index contributed by atoms with van der Waals surface area (Å²) >= 11 is 1.06. The van der Waals surface area contributed by atoms with Crippen LogP contribution in [0.4, 0.5) is 29.3 Å². The van der Waals surface area contributed by atoms with Crippen LogP contribution in [0.1, 0.15) is 56.0 Å². The van der Waals surface area contributed by atoms with Gasteiger partial charge in [0.05, 0.1) is 36.0 Å². The summed E-state index contributed by atoms with van der Waals surface area (Å²) in [6.45, 7) is 5.60. The summed E-state index contributed by atoms with van der Waals surface area (Å²) in [7, 11) is -2.37. The Morgan fingerprint density at radius 3 is 2.46 bits per heavy atom. The van der Waals surface area contributed by atoms with Gasteiger partial charge in [0.15, 0.2) is 0 Å². The molecular formula is C34H43F3N4O7S2. The molecule has 2 heterocycles. The van der Waals surface area contributed by atoms with Crippen LogP contribution in [0.3, 0.4) is 0 Å². The van der Waals surface area contributed by atoms with Crippen molar-refractivity contribution in [2.75, 3.05) is 43.4 Å². The van der Waals surface area contributed by atoms with Crippen molar-refractivity contribution in [2.45, 2.75) is 68.7 Å². The third kappa shape index (κ3) is 10.3. The minimum atomic E-state index is -4.50. The highest BCUT2D eigenvalue weighted by molar-refractivity contribution is 7.94. The first-order valence-corrected chi connectivity index (χ1v) is 18.5. The average molecular weight is 741 g/mol. The summed E-state index contributed by atoms with van der Waals surface area (Å²) in [5, 5.41) is 14.4. The number of halogens is 3. The number of aliphatic hydroxyl groups excluding tert-OH is 1. The number of nitrogens with one attached hydrogen (secondary N) is 2. The predicted octanol–water partition coefficient (Wildman–Crippen LogP) is 6.53. The smallest absolute Gasteiger partial charge is 0.416 e. The molecule has 0 fully saturated rings. The summed E-state index contributed by atoms with van der Waals surface area (Å²) in [6.07, 6.45) is -3.31. The van der Waals surface area contributed by atoms with E-state index in [9.17, 15) is 36.3 Å². The van der Waals surface area contributed by atoms with Crippen LogP contribution in [0, 0.1) is 5.92 Å². The molecule has 11 nitrogen and oxygen atoms in total. The van der Waals surface area contributed by atoms with Gasteiger partial charge in [0.1, 0.15) is 9.96 Å². The molecule has 274 valence electrons. The zero-order valence-electron chi connectivity index (χ0n) is 28.3. The summed E-state index contributed by atoms with van der Waals surface area (Å²) in [5.74, 6) is -0.600. The van der Waals surface area contributed by atoms with Crippen LogP contribution < -0.4 is 14.8 Å². The number of hydrogen-bond donors (Lipinski definition) is 3. The largest absolute Gasteiger partial charge is 0.490 e. The number of anilines is 2. The molecular weight excluding hydrogens is 698 g/mol. The summed E-state index contributed by atoms with van der Waals surface area (Å²) < 4.78 is 80.0. The van der Waals surface area contributed by atoms with Crippen molar-refractivity contribution in [3.63, 3.8) is 0 Å². The van der Waals surface area contributed by atoms with Crippen LogP contribution >= 0.6 is 11.3 Å². The van der Waals surface area contributed by atoms with E-state index >= 15 is 0 Å². The van der Waals surface area contributed by atoms with E-state index in [1.807, 2.05) is 13.8 Å². The predicted molar refractivity (Wildman–Crippen MR) is 185 cm³/mol. The van der Waals surface area contributed by atoms with Crippen LogP contribution in [0.2, 0.25) is 0 Å². The Balaban J connectivity index is 1.58. The molecule has 0 unspecified atom stereocenters. The lowest BCUT2D eigenvalue weighted by atomic mass is 10.0. The van der Waals surface area contributed by atoms with Gasteiger partial charge in [0.25, 0.3) is 15.9 Å². The fraction of sp³-hybridized carbons (Fsp3) is 0.471. The molecule has 0 saturated heterocycles. The molecule has 50 heavy (non-hydrogen) atoms. The molecule has 0 aliphatic carbocycles. The standard InChI is InChI=1S/C34H43F3N4O7S2/c1-22-19-41(23(2)21-42)32(43)28-18-27(39-50(45,46)31-9-7-17-49-31)14-15-29(28)48-24(3)8-5-6-16-47-30(22)20-40(4)33(44)38-26-12-10-25(11-13-26)34(35,36)37/h7,9-15,17-18,22-24,30,39,42H,5-6,8,16,19-21H2,1-4H3,(H,38,44)/t22-,23+,24+,30+/m0/s1. The van der Waals surface area contributed by atoms with Gasteiger partial charge in [-0.25, -0.2) is 13.2 Å². The molecule has 0 bridgehead atoms. The van der Waals surface area contributed by atoms with Crippen molar-refractivity contribution in [1.82, 2.24) is 9.80 Å². The van der Waals surface area contributed by atoms with Crippen molar-refractivity contribution in [3.05, 3.63) is 71.1 Å². The number of likely N-dealkylation sites (N-methyl/N-ethyl adjacent to an activating group) is 1. The Bertz CT molecular complexity index is 1690. The van der Waals surface area contributed by atoms with Crippen LogP contribution in [0.15, 0.2) is 64.2 Å². The maximum Gasteiger partial charge on any atom is 0.416 e. The van der Waals surface area contributed by atoms with Crippen LogP contribution in [0.25, 0.3) is 0 Å². The molecule has 0 spiro atoms. The van der Waals surface area contributed by atoms with E-state index in [0.29, 0.717) is 19.4 Å². The molecule has 3 aromatic rings. The number of carbonyl (C=O) groups is 2. The number of fused-ring (bicyclic) bond motifs is 1. The average Bonchev–Trinajstić information content (AvgIpc) is 3.62. The van der Waals surface area contributed by atoms with E-state index in [-0.39, 0.29) is 58.6 Å². The van der Waals surface area contributed by atoms with Crippen molar-refractivity contribution >= 4 is 44.7 Å². The number of alkyl halides is 3. The van der Waals surface area contributed by atoms with E-state index in [0.717, 1.165) is 29.9 Å². The second kappa shape index (κ2) is 16.9. The minimum Gasteiger partial charge on any atom is -0.490 e. The Hall–Kier alpha value is -3.86. The summed E-state index contributed by atoms with van der Waals surface area (Å²) in [6, 6.07) is 10.5. The number of aliphatic hydroxyl groups is 1. The van der Waals surface area contributed by atoms with Gasteiger partial charge in [-0.05, 0) is 87.0 Å². The van der Waals surface area contributed by atoms with Crippen LogP contribution in [-0.2, 0) is 20.9 Å². The lowest BCUT2D eigenvalue weighted by molar-refractivity contribution is -0.137. The quantitative estimate of drug-likeness (QED) is 0.239. The normalized spacial score (nSPS) is 20.2. The van der Waals surface area contributed by atoms with Gasteiger partial charge in [0.2, 0.25) is 0 Å². The van der Waals surface area contributed by atoms with Crippen molar-refractivity contribution in [3.8, 4) is 5.75 Å². The first kappa shape index (κ1) is 38.9. The van der Waals surface area contributed by atoms with E-state index in [4.69, 9.17) is 9.47 Å².